The number of rotatable bonds is 3. The minimum absolute atomic E-state index is 0.181. The van der Waals surface area contributed by atoms with Crippen LogP contribution in [0.3, 0.4) is 0 Å². The topological polar surface area (TPSA) is 47.6 Å². The summed E-state index contributed by atoms with van der Waals surface area (Å²) in [5.74, 6) is 1.27. The van der Waals surface area contributed by atoms with Crippen molar-refractivity contribution in [2.45, 2.75) is 18.8 Å². The number of benzene rings is 1. The number of hydrogen-bond acceptors (Lipinski definition) is 3. The van der Waals surface area contributed by atoms with E-state index in [1.807, 2.05) is 18.2 Å². The Morgan fingerprint density at radius 1 is 1.50 bits per heavy atom. The number of nitrogens with one attached hydrogen (secondary N) is 1. The Balaban J connectivity index is 1.98. The predicted octanol–water partition coefficient (Wildman–Crippen LogP) is 1.66. The molecule has 0 radical (unpaired) electrons. The second kappa shape index (κ2) is 4.61. The number of fused-ring (bicyclic) bond motifs is 1. The summed E-state index contributed by atoms with van der Waals surface area (Å²) >= 11 is 5.63. The van der Waals surface area contributed by atoms with Gasteiger partial charge in [0.1, 0.15) is 5.38 Å². The second-order valence-electron chi connectivity index (χ2n) is 3.52. The molecule has 0 spiro atoms. The van der Waals surface area contributed by atoms with Crippen LogP contribution in [0.4, 0.5) is 0 Å². The van der Waals surface area contributed by atoms with E-state index >= 15 is 0 Å². The van der Waals surface area contributed by atoms with E-state index in [0.717, 1.165) is 11.3 Å². The maximum atomic E-state index is 11.3. The summed E-state index contributed by atoms with van der Waals surface area (Å²) in [7, 11) is 0. The molecule has 1 atom stereocenters. The van der Waals surface area contributed by atoms with Crippen molar-refractivity contribution >= 4 is 17.5 Å². The van der Waals surface area contributed by atoms with Crippen molar-refractivity contribution in [2.24, 2.45) is 0 Å². The van der Waals surface area contributed by atoms with Crippen molar-refractivity contribution in [2.75, 3.05) is 6.79 Å². The van der Waals surface area contributed by atoms with Crippen molar-refractivity contribution in [3.8, 4) is 11.5 Å². The van der Waals surface area contributed by atoms with E-state index < -0.39 is 5.38 Å². The smallest absolute Gasteiger partial charge is 0.238 e. The van der Waals surface area contributed by atoms with E-state index in [4.69, 9.17) is 21.1 Å². The first-order valence-corrected chi connectivity index (χ1v) is 5.41. The molecule has 86 valence electrons. The van der Waals surface area contributed by atoms with Crippen LogP contribution in [0.2, 0.25) is 0 Å². The fourth-order valence-corrected chi connectivity index (χ4v) is 1.46. The Bertz CT molecular complexity index is 406. The van der Waals surface area contributed by atoms with Gasteiger partial charge in [-0.05, 0) is 24.6 Å². The molecule has 1 aliphatic heterocycles. The van der Waals surface area contributed by atoms with Gasteiger partial charge in [0, 0.05) is 6.54 Å². The fraction of sp³-hybridized carbons (Fsp3) is 0.364. The molecule has 0 saturated heterocycles. The average molecular weight is 242 g/mol. The SMILES string of the molecule is CC(Cl)C(=O)NCc1ccc2c(c1)OCO2. The Morgan fingerprint density at radius 2 is 2.25 bits per heavy atom. The zero-order chi connectivity index (χ0) is 11.5. The highest BCUT2D eigenvalue weighted by Crippen LogP contribution is 2.32. The fourth-order valence-electron chi connectivity index (χ4n) is 1.38. The van der Waals surface area contributed by atoms with Gasteiger partial charge in [0.2, 0.25) is 12.7 Å². The van der Waals surface area contributed by atoms with Crippen molar-refractivity contribution in [3.05, 3.63) is 23.8 Å². The minimum atomic E-state index is -0.519. The lowest BCUT2D eigenvalue weighted by atomic mass is 10.2. The van der Waals surface area contributed by atoms with E-state index in [-0.39, 0.29) is 12.7 Å². The van der Waals surface area contributed by atoms with E-state index in [9.17, 15) is 4.79 Å². The number of halogens is 1. The van der Waals surface area contributed by atoms with Crippen LogP contribution in [0, 0.1) is 0 Å². The standard InChI is InChI=1S/C11H12ClNO3/c1-7(12)11(14)13-5-8-2-3-9-10(4-8)16-6-15-9/h2-4,7H,5-6H2,1H3,(H,13,14). The molecule has 0 bridgehead atoms. The molecule has 1 aromatic rings. The first-order valence-electron chi connectivity index (χ1n) is 4.97. The molecule has 1 unspecified atom stereocenters. The maximum Gasteiger partial charge on any atom is 0.238 e. The third-order valence-corrected chi connectivity index (χ3v) is 2.46. The molecule has 1 aromatic carbocycles. The van der Waals surface area contributed by atoms with Gasteiger partial charge in [-0.25, -0.2) is 0 Å². The Morgan fingerprint density at radius 3 is 3.00 bits per heavy atom. The van der Waals surface area contributed by atoms with Crippen LogP contribution in [0.25, 0.3) is 0 Å². The molecule has 2 rings (SSSR count). The van der Waals surface area contributed by atoms with Gasteiger partial charge in [-0.15, -0.1) is 11.6 Å². The van der Waals surface area contributed by atoms with Gasteiger partial charge in [-0.2, -0.15) is 0 Å². The molecule has 5 heteroatoms. The summed E-state index contributed by atoms with van der Waals surface area (Å²) in [5.41, 5.74) is 0.954. The number of amides is 1. The summed E-state index contributed by atoms with van der Waals surface area (Å²) in [6.07, 6.45) is 0. The van der Waals surface area contributed by atoms with Crippen LogP contribution >= 0.6 is 11.6 Å². The molecule has 4 nitrogen and oxygen atoms in total. The normalized spacial score (nSPS) is 14.6. The number of ether oxygens (including phenoxy) is 2. The maximum absolute atomic E-state index is 11.3. The highest BCUT2D eigenvalue weighted by Gasteiger charge is 2.14. The van der Waals surface area contributed by atoms with Crippen molar-refractivity contribution in [1.82, 2.24) is 5.32 Å². The summed E-state index contributed by atoms with van der Waals surface area (Å²) in [5, 5.41) is 2.20. The van der Waals surface area contributed by atoms with E-state index in [1.54, 1.807) is 6.92 Å². The van der Waals surface area contributed by atoms with E-state index in [2.05, 4.69) is 5.32 Å². The Kier molecular flexibility index (Phi) is 3.19. The average Bonchev–Trinajstić information content (AvgIpc) is 2.72. The zero-order valence-corrected chi connectivity index (χ0v) is 9.58. The van der Waals surface area contributed by atoms with Crippen LogP contribution < -0.4 is 14.8 Å². The predicted molar refractivity (Wildman–Crippen MR) is 59.7 cm³/mol. The first kappa shape index (κ1) is 11.1. The zero-order valence-electron chi connectivity index (χ0n) is 8.83. The van der Waals surface area contributed by atoms with Gasteiger partial charge < -0.3 is 14.8 Å². The second-order valence-corrected chi connectivity index (χ2v) is 4.18. The molecule has 0 saturated carbocycles. The highest BCUT2D eigenvalue weighted by atomic mass is 35.5. The molecule has 1 heterocycles. The molecule has 0 fully saturated rings. The molecular weight excluding hydrogens is 230 g/mol. The molecular formula is C11H12ClNO3. The van der Waals surface area contributed by atoms with Gasteiger partial charge >= 0.3 is 0 Å². The molecule has 1 N–H and O–H groups in total. The molecule has 1 amide bonds. The molecule has 1 aliphatic rings. The van der Waals surface area contributed by atoms with Crippen LogP contribution in [-0.4, -0.2) is 18.1 Å². The number of carbonyl (C=O) groups excluding carboxylic acids is 1. The monoisotopic (exact) mass is 241 g/mol. The van der Waals surface area contributed by atoms with Gasteiger partial charge in [0.25, 0.3) is 0 Å². The first-order chi connectivity index (χ1) is 7.66. The van der Waals surface area contributed by atoms with Gasteiger partial charge in [-0.1, -0.05) is 6.07 Å². The summed E-state index contributed by atoms with van der Waals surface area (Å²) in [4.78, 5) is 11.3. The van der Waals surface area contributed by atoms with Crippen molar-refractivity contribution in [3.63, 3.8) is 0 Å². The minimum Gasteiger partial charge on any atom is -0.454 e. The quantitative estimate of drug-likeness (QED) is 0.819. The summed E-state index contributed by atoms with van der Waals surface area (Å²) in [6.45, 7) is 2.33. The molecule has 0 aromatic heterocycles. The third-order valence-electron chi connectivity index (χ3n) is 2.27. The summed E-state index contributed by atoms with van der Waals surface area (Å²) < 4.78 is 10.4. The number of carbonyl (C=O) groups is 1. The lowest BCUT2D eigenvalue weighted by Gasteiger charge is -2.07. The Hall–Kier alpha value is -1.42. The van der Waals surface area contributed by atoms with E-state index in [0.29, 0.717) is 12.3 Å². The van der Waals surface area contributed by atoms with Gasteiger partial charge in [-0.3, -0.25) is 4.79 Å². The third kappa shape index (κ3) is 2.39. The lowest BCUT2D eigenvalue weighted by molar-refractivity contribution is -0.120. The van der Waals surface area contributed by atoms with Gasteiger partial charge in [0.05, 0.1) is 0 Å². The number of hydrogen-bond donors (Lipinski definition) is 1. The van der Waals surface area contributed by atoms with Gasteiger partial charge in [0.15, 0.2) is 11.5 Å². The Labute approximate surface area is 98.5 Å². The van der Waals surface area contributed by atoms with E-state index in [1.165, 1.54) is 0 Å². The van der Waals surface area contributed by atoms with Crippen LogP contribution in [-0.2, 0) is 11.3 Å². The highest BCUT2D eigenvalue weighted by molar-refractivity contribution is 6.30. The summed E-state index contributed by atoms with van der Waals surface area (Å²) in [6, 6.07) is 5.56. The number of alkyl halides is 1. The van der Waals surface area contributed by atoms with Crippen molar-refractivity contribution < 1.29 is 14.3 Å². The van der Waals surface area contributed by atoms with Crippen LogP contribution in [0.5, 0.6) is 11.5 Å². The van der Waals surface area contributed by atoms with Crippen LogP contribution in [0.15, 0.2) is 18.2 Å². The molecule has 16 heavy (non-hydrogen) atoms. The molecule has 0 aliphatic carbocycles. The van der Waals surface area contributed by atoms with Crippen LogP contribution in [0.1, 0.15) is 12.5 Å². The largest absolute Gasteiger partial charge is 0.454 e. The lowest BCUT2D eigenvalue weighted by Crippen LogP contribution is -2.28. The van der Waals surface area contributed by atoms with Crippen molar-refractivity contribution in [1.29, 1.82) is 0 Å².